The van der Waals surface area contributed by atoms with Crippen molar-refractivity contribution in [1.82, 2.24) is 9.55 Å². The molecule has 28 heavy (non-hydrogen) atoms. The maximum absolute atomic E-state index is 13.6. The molecule has 0 fully saturated rings. The second-order valence-corrected chi connectivity index (χ2v) is 9.75. The molecule has 1 aromatic carbocycles. The van der Waals surface area contributed by atoms with E-state index in [0.29, 0.717) is 5.16 Å². The lowest BCUT2D eigenvalue weighted by molar-refractivity contribution is -0.117. The van der Waals surface area contributed by atoms with Crippen molar-refractivity contribution in [2.24, 2.45) is 5.73 Å². The number of thiophene rings is 1. The van der Waals surface area contributed by atoms with Crippen LogP contribution in [0.5, 0.6) is 0 Å². The number of carbonyl (C=O) groups is 1. The van der Waals surface area contributed by atoms with Crippen molar-refractivity contribution >= 4 is 39.2 Å². The van der Waals surface area contributed by atoms with Crippen LogP contribution in [0.1, 0.15) is 41.3 Å². The van der Waals surface area contributed by atoms with Crippen LogP contribution in [0.4, 0.5) is 0 Å². The van der Waals surface area contributed by atoms with Crippen LogP contribution in [0.25, 0.3) is 15.9 Å². The zero-order valence-corrected chi connectivity index (χ0v) is 17.9. The van der Waals surface area contributed by atoms with Crippen molar-refractivity contribution in [2.75, 3.05) is 0 Å². The first kappa shape index (κ1) is 19.2. The summed E-state index contributed by atoms with van der Waals surface area (Å²) in [6, 6.07) is 5.95. The van der Waals surface area contributed by atoms with Gasteiger partial charge in [0.2, 0.25) is 5.91 Å². The maximum atomic E-state index is 13.6. The van der Waals surface area contributed by atoms with Crippen LogP contribution in [0.15, 0.2) is 28.2 Å². The molecule has 0 saturated heterocycles. The average molecular weight is 414 g/mol. The molecule has 146 valence electrons. The van der Waals surface area contributed by atoms with Crippen LogP contribution in [-0.4, -0.2) is 20.7 Å². The second kappa shape index (κ2) is 7.37. The SMILES string of the molecule is Cc1ccc(-n2c(S[C@@H](C)C(N)=O)nc3sc4c(c3c2=O)CCCC4)cc1C. The van der Waals surface area contributed by atoms with E-state index in [1.54, 1.807) is 22.8 Å². The number of aryl methyl sites for hydroxylation is 4. The zero-order valence-electron chi connectivity index (χ0n) is 16.2. The fraction of sp³-hybridized carbons (Fsp3) is 0.381. The molecule has 0 bridgehead atoms. The minimum absolute atomic E-state index is 0.0492. The van der Waals surface area contributed by atoms with Gasteiger partial charge in [-0.1, -0.05) is 17.8 Å². The number of rotatable bonds is 4. The molecule has 1 amide bonds. The fourth-order valence-corrected chi connectivity index (χ4v) is 5.75. The molecule has 2 aromatic heterocycles. The lowest BCUT2D eigenvalue weighted by Crippen LogP contribution is -2.26. The van der Waals surface area contributed by atoms with Gasteiger partial charge in [0.25, 0.3) is 5.56 Å². The molecular formula is C21H23N3O2S2. The van der Waals surface area contributed by atoms with Gasteiger partial charge in [-0.2, -0.15) is 0 Å². The number of nitrogens with zero attached hydrogens (tertiary/aromatic N) is 2. The maximum Gasteiger partial charge on any atom is 0.267 e. The minimum atomic E-state index is -0.475. The van der Waals surface area contributed by atoms with Crippen molar-refractivity contribution in [3.8, 4) is 5.69 Å². The molecule has 1 aliphatic rings. The number of fused-ring (bicyclic) bond motifs is 3. The molecule has 1 atom stereocenters. The monoisotopic (exact) mass is 413 g/mol. The smallest absolute Gasteiger partial charge is 0.267 e. The highest BCUT2D eigenvalue weighted by atomic mass is 32.2. The quantitative estimate of drug-likeness (QED) is 0.520. The summed E-state index contributed by atoms with van der Waals surface area (Å²) in [5.41, 5.74) is 9.64. The third kappa shape index (κ3) is 3.26. The number of amides is 1. The van der Waals surface area contributed by atoms with Gasteiger partial charge < -0.3 is 5.73 Å². The Morgan fingerprint density at radius 2 is 2.00 bits per heavy atom. The number of aromatic nitrogens is 2. The summed E-state index contributed by atoms with van der Waals surface area (Å²) in [5, 5.41) is 0.788. The van der Waals surface area contributed by atoms with Gasteiger partial charge in [0.05, 0.1) is 16.3 Å². The predicted molar refractivity (Wildman–Crippen MR) is 116 cm³/mol. The first-order valence-electron chi connectivity index (χ1n) is 9.47. The molecule has 0 aliphatic heterocycles. The van der Waals surface area contributed by atoms with Crippen molar-refractivity contribution in [1.29, 1.82) is 0 Å². The van der Waals surface area contributed by atoms with Gasteiger partial charge >= 0.3 is 0 Å². The molecule has 2 N–H and O–H groups in total. The molecule has 1 aliphatic carbocycles. The summed E-state index contributed by atoms with van der Waals surface area (Å²) >= 11 is 2.86. The van der Waals surface area contributed by atoms with E-state index < -0.39 is 11.2 Å². The lowest BCUT2D eigenvalue weighted by Gasteiger charge is -2.16. The summed E-state index contributed by atoms with van der Waals surface area (Å²) in [6.45, 7) is 5.82. The van der Waals surface area contributed by atoms with Gasteiger partial charge in [-0.15, -0.1) is 11.3 Å². The van der Waals surface area contributed by atoms with Crippen molar-refractivity contribution in [3.63, 3.8) is 0 Å². The van der Waals surface area contributed by atoms with E-state index in [9.17, 15) is 9.59 Å². The largest absolute Gasteiger partial charge is 0.369 e. The first-order chi connectivity index (χ1) is 13.4. The van der Waals surface area contributed by atoms with Gasteiger partial charge in [-0.3, -0.25) is 14.2 Å². The van der Waals surface area contributed by atoms with Crippen LogP contribution < -0.4 is 11.3 Å². The number of hydrogen-bond donors (Lipinski definition) is 1. The van der Waals surface area contributed by atoms with E-state index in [4.69, 9.17) is 10.7 Å². The molecule has 2 heterocycles. The van der Waals surface area contributed by atoms with Crippen LogP contribution in [0.2, 0.25) is 0 Å². The van der Waals surface area contributed by atoms with Gasteiger partial charge in [-0.25, -0.2) is 4.98 Å². The Bertz CT molecular complexity index is 1150. The van der Waals surface area contributed by atoms with E-state index in [1.165, 1.54) is 27.8 Å². The first-order valence-corrected chi connectivity index (χ1v) is 11.2. The lowest BCUT2D eigenvalue weighted by atomic mass is 9.97. The van der Waals surface area contributed by atoms with Crippen LogP contribution in [-0.2, 0) is 17.6 Å². The van der Waals surface area contributed by atoms with E-state index >= 15 is 0 Å². The number of primary amides is 1. The van der Waals surface area contributed by atoms with E-state index in [-0.39, 0.29) is 5.56 Å². The molecule has 5 nitrogen and oxygen atoms in total. The predicted octanol–water partition coefficient (Wildman–Crippen LogP) is 3.91. The fourth-order valence-electron chi connectivity index (χ4n) is 3.57. The summed E-state index contributed by atoms with van der Waals surface area (Å²) in [4.78, 5) is 32.2. The third-order valence-electron chi connectivity index (χ3n) is 5.39. The Labute approximate surface area is 172 Å². The molecule has 7 heteroatoms. The molecule has 0 unspecified atom stereocenters. The Kier molecular flexibility index (Phi) is 5.05. The topological polar surface area (TPSA) is 78.0 Å². The number of benzene rings is 1. The standard InChI is InChI=1S/C21H23N3O2S2/c1-11-8-9-14(10-12(11)2)24-20(26)17-15-6-4-5-7-16(15)28-19(17)23-21(24)27-13(3)18(22)25/h8-10,13H,4-7H2,1-3H3,(H2,22,25)/t13-/m0/s1. The van der Waals surface area contributed by atoms with Crippen LogP contribution in [0, 0.1) is 13.8 Å². The van der Waals surface area contributed by atoms with E-state index in [1.807, 2.05) is 32.0 Å². The molecular weight excluding hydrogens is 390 g/mol. The number of thioether (sulfide) groups is 1. The summed E-state index contributed by atoms with van der Waals surface area (Å²) in [6.07, 6.45) is 4.21. The highest BCUT2D eigenvalue weighted by molar-refractivity contribution is 8.00. The van der Waals surface area contributed by atoms with Crippen molar-refractivity contribution in [2.45, 2.75) is 56.9 Å². The van der Waals surface area contributed by atoms with Gasteiger partial charge in [0, 0.05) is 4.88 Å². The zero-order chi connectivity index (χ0) is 20.0. The molecule has 0 radical (unpaired) electrons. The molecule has 3 aromatic rings. The van der Waals surface area contributed by atoms with Gasteiger partial charge in [-0.05, 0) is 75.3 Å². The summed E-state index contributed by atoms with van der Waals surface area (Å²) in [7, 11) is 0. The summed E-state index contributed by atoms with van der Waals surface area (Å²) in [5.74, 6) is -0.420. The van der Waals surface area contributed by atoms with E-state index in [2.05, 4.69) is 0 Å². The van der Waals surface area contributed by atoms with Crippen LogP contribution >= 0.6 is 23.1 Å². The Hall–Kier alpha value is -2.12. The summed E-state index contributed by atoms with van der Waals surface area (Å²) < 4.78 is 1.65. The Morgan fingerprint density at radius 1 is 1.25 bits per heavy atom. The molecule has 0 saturated carbocycles. The Morgan fingerprint density at radius 3 is 2.71 bits per heavy atom. The van der Waals surface area contributed by atoms with E-state index in [0.717, 1.165) is 47.2 Å². The minimum Gasteiger partial charge on any atom is -0.369 e. The number of hydrogen-bond acceptors (Lipinski definition) is 5. The van der Waals surface area contributed by atoms with Crippen molar-refractivity contribution in [3.05, 3.63) is 50.1 Å². The highest BCUT2D eigenvalue weighted by Gasteiger charge is 2.24. The molecule has 0 spiro atoms. The average Bonchev–Trinajstić information content (AvgIpc) is 3.03. The van der Waals surface area contributed by atoms with Gasteiger partial charge in [0.15, 0.2) is 5.16 Å². The Balaban J connectivity index is 2.00. The molecule has 4 rings (SSSR count). The highest BCUT2D eigenvalue weighted by Crippen LogP contribution is 2.35. The number of nitrogens with two attached hydrogens (primary N) is 1. The van der Waals surface area contributed by atoms with Crippen molar-refractivity contribution < 1.29 is 4.79 Å². The van der Waals surface area contributed by atoms with Gasteiger partial charge in [0.1, 0.15) is 4.83 Å². The third-order valence-corrected chi connectivity index (χ3v) is 7.65. The second-order valence-electron chi connectivity index (χ2n) is 7.36. The normalized spacial score (nSPS) is 14.8. The number of carbonyl (C=O) groups excluding carboxylic acids is 1. The van der Waals surface area contributed by atoms with Crippen LogP contribution in [0.3, 0.4) is 0 Å².